The largest absolute Gasteiger partial charge is 0.478 e. The standard InChI is InChI=1S/C31H22ClFN2O3S/c32-22-2-1-3-24(16-22)39-27-17-34-26-15-20(18-6-10-23(33)11-7-18)14-25(28(26)27)29(36)35-31(12-13-31)21-8-4-19(5-9-21)30(37)38/h1-11,14-17,34H,12-13H2,(H,35,36)(H,37,38). The molecule has 1 heterocycles. The molecule has 1 saturated carbocycles. The van der Waals surface area contributed by atoms with Crippen LogP contribution < -0.4 is 5.32 Å². The van der Waals surface area contributed by atoms with Crippen molar-refractivity contribution in [3.8, 4) is 11.1 Å². The number of fused-ring (bicyclic) bond motifs is 1. The van der Waals surface area contributed by atoms with Crippen LogP contribution in [0.5, 0.6) is 0 Å². The van der Waals surface area contributed by atoms with Crippen molar-refractivity contribution in [3.05, 3.63) is 119 Å². The summed E-state index contributed by atoms with van der Waals surface area (Å²) in [6.45, 7) is 0. The van der Waals surface area contributed by atoms with Crippen molar-refractivity contribution in [1.29, 1.82) is 0 Å². The molecule has 194 valence electrons. The van der Waals surface area contributed by atoms with Crippen molar-refractivity contribution in [2.24, 2.45) is 0 Å². The van der Waals surface area contributed by atoms with Crippen molar-refractivity contribution in [2.75, 3.05) is 0 Å². The number of aromatic carboxylic acids is 1. The summed E-state index contributed by atoms with van der Waals surface area (Å²) in [4.78, 5) is 30.3. The van der Waals surface area contributed by atoms with Gasteiger partial charge in [0.15, 0.2) is 0 Å². The summed E-state index contributed by atoms with van der Waals surface area (Å²) in [6.07, 6.45) is 3.38. The average Bonchev–Trinajstić information content (AvgIpc) is 3.60. The molecule has 0 spiro atoms. The number of carbonyl (C=O) groups excluding carboxylic acids is 1. The van der Waals surface area contributed by atoms with Crippen LogP contribution in [0.4, 0.5) is 4.39 Å². The second-order valence-electron chi connectivity index (χ2n) is 9.58. The number of hydrogen-bond acceptors (Lipinski definition) is 3. The SMILES string of the molecule is O=C(O)c1ccc(C2(NC(=O)c3cc(-c4ccc(F)cc4)cc4[nH]cc(Sc5cccc(Cl)c5)c34)CC2)cc1. The molecule has 6 rings (SSSR count). The predicted molar refractivity (Wildman–Crippen MR) is 151 cm³/mol. The average molecular weight is 557 g/mol. The van der Waals surface area contributed by atoms with Crippen molar-refractivity contribution in [1.82, 2.24) is 10.3 Å². The van der Waals surface area contributed by atoms with Gasteiger partial charge < -0.3 is 15.4 Å². The van der Waals surface area contributed by atoms with Crippen LogP contribution in [0.3, 0.4) is 0 Å². The number of halogens is 2. The Morgan fingerprint density at radius 1 is 0.949 bits per heavy atom. The maximum absolute atomic E-state index is 13.9. The van der Waals surface area contributed by atoms with Gasteiger partial charge in [0.1, 0.15) is 5.82 Å². The molecule has 0 bridgehead atoms. The monoisotopic (exact) mass is 556 g/mol. The Labute approximate surface area is 233 Å². The van der Waals surface area contributed by atoms with Gasteiger partial charge in [0.2, 0.25) is 0 Å². The minimum absolute atomic E-state index is 0.199. The Bertz CT molecular complexity index is 1730. The lowest BCUT2D eigenvalue weighted by Gasteiger charge is -2.19. The molecular formula is C31H22ClFN2O3S. The molecule has 39 heavy (non-hydrogen) atoms. The van der Waals surface area contributed by atoms with E-state index in [1.165, 1.54) is 23.9 Å². The fourth-order valence-electron chi connectivity index (χ4n) is 4.79. The summed E-state index contributed by atoms with van der Waals surface area (Å²) in [6, 6.07) is 24.1. The van der Waals surface area contributed by atoms with Crippen LogP contribution in [0.2, 0.25) is 5.02 Å². The predicted octanol–water partition coefficient (Wildman–Crippen LogP) is 7.90. The molecule has 0 radical (unpaired) electrons. The second kappa shape index (κ2) is 9.91. The van der Waals surface area contributed by atoms with Crippen molar-refractivity contribution >= 4 is 46.1 Å². The molecule has 0 aliphatic heterocycles. The van der Waals surface area contributed by atoms with Gasteiger partial charge in [-0.25, -0.2) is 9.18 Å². The van der Waals surface area contributed by atoms with Gasteiger partial charge in [-0.3, -0.25) is 4.79 Å². The Balaban J connectivity index is 1.41. The number of carbonyl (C=O) groups is 2. The highest BCUT2D eigenvalue weighted by molar-refractivity contribution is 7.99. The highest BCUT2D eigenvalue weighted by Crippen LogP contribution is 2.46. The molecule has 8 heteroatoms. The molecule has 1 aromatic heterocycles. The first-order valence-electron chi connectivity index (χ1n) is 12.3. The molecule has 1 aliphatic rings. The normalized spacial score (nSPS) is 13.8. The molecular weight excluding hydrogens is 535 g/mol. The second-order valence-corrected chi connectivity index (χ2v) is 11.1. The van der Waals surface area contributed by atoms with Crippen LogP contribution in [0.25, 0.3) is 22.0 Å². The minimum atomic E-state index is -0.993. The van der Waals surface area contributed by atoms with Crippen molar-refractivity contribution in [3.63, 3.8) is 0 Å². The number of amides is 1. The number of nitrogens with one attached hydrogen (secondary N) is 2. The fourth-order valence-corrected chi connectivity index (χ4v) is 6.07. The third kappa shape index (κ3) is 5.03. The van der Waals surface area contributed by atoms with Gasteiger partial charge in [-0.15, -0.1) is 0 Å². The van der Waals surface area contributed by atoms with E-state index in [4.69, 9.17) is 11.6 Å². The van der Waals surface area contributed by atoms with Crippen LogP contribution in [-0.4, -0.2) is 22.0 Å². The lowest BCUT2D eigenvalue weighted by atomic mass is 9.98. The van der Waals surface area contributed by atoms with Crippen LogP contribution in [0, 0.1) is 5.82 Å². The van der Waals surface area contributed by atoms with E-state index in [0.29, 0.717) is 10.6 Å². The van der Waals surface area contributed by atoms with Crippen LogP contribution in [0.1, 0.15) is 39.1 Å². The van der Waals surface area contributed by atoms with Gasteiger partial charge in [-0.1, -0.05) is 53.7 Å². The van der Waals surface area contributed by atoms with E-state index in [1.54, 1.807) is 36.4 Å². The lowest BCUT2D eigenvalue weighted by molar-refractivity contribution is 0.0696. The summed E-state index contributed by atoms with van der Waals surface area (Å²) < 4.78 is 13.6. The molecule has 1 amide bonds. The third-order valence-corrected chi connectivity index (χ3v) is 8.24. The zero-order chi connectivity index (χ0) is 27.1. The van der Waals surface area contributed by atoms with Gasteiger partial charge >= 0.3 is 5.97 Å². The molecule has 0 atom stereocenters. The summed E-state index contributed by atoms with van der Waals surface area (Å²) in [5, 5.41) is 13.9. The Morgan fingerprint density at radius 2 is 1.69 bits per heavy atom. The Kier molecular flexibility index (Phi) is 6.41. The fraction of sp³-hybridized carbons (Fsp3) is 0.0968. The number of rotatable bonds is 7. The first-order valence-corrected chi connectivity index (χ1v) is 13.5. The first-order chi connectivity index (χ1) is 18.8. The first kappa shape index (κ1) is 25.2. The third-order valence-electron chi connectivity index (χ3n) is 6.98. The molecule has 4 aromatic carbocycles. The number of carboxylic acids is 1. The van der Waals surface area contributed by atoms with E-state index in [0.717, 1.165) is 50.2 Å². The highest BCUT2D eigenvalue weighted by Gasteiger charge is 2.46. The molecule has 5 nitrogen and oxygen atoms in total. The summed E-state index contributed by atoms with van der Waals surface area (Å²) >= 11 is 7.71. The molecule has 3 N–H and O–H groups in total. The van der Waals surface area contributed by atoms with Crippen LogP contribution in [0.15, 0.2) is 101 Å². The van der Waals surface area contributed by atoms with E-state index < -0.39 is 11.5 Å². The van der Waals surface area contributed by atoms with E-state index in [-0.39, 0.29) is 17.3 Å². The van der Waals surface area contributed by atoms with E-state index in [1.807, 2.05) is 42.6 Å². The number of carboxylic acid groups (broad SMARTS) is 1. The van der Waals surface area contributed by atoms with Gasteiger partial charge in [0, 0.05) is 31.9 Å². The number of aromatic amines is 1. The number of H-pyrrole nitrogens is 1. The number of benzene rings is 4. The maximum atomic E-state index is 13.9. The van der Waals surface area contributed by atoms with Gasteiger partial charge in [-0.2, -0.15) is 0 Å². The van der Waals surface area contributed by atoms with Gasteiger partial charge in [0.05, 0.1) is 16.7 Å². The summed E-state index contributed by atoms with van der Waals surface area (Å²) in [5.41, 5.74) is 3.36. The molecule has 5 aromatic rings. The Hall–Kier alpha value is -4.07. The topological polar surface area (TPSA) is 82.2 Å². The zero-order valence-electron chi connectivity index (χ0n) is 20.5. The quantitative estimate of drug-likeness (QED) is 0.190. The number of hydrogen-bond donors (Lipinski definition) is 3. The molecule has 0 saturated heterocycles. The highest BCUT2D eigenvalue weighted by atomic mass is 35.5. The molecule has 1 aliphatic carbocycles. The number of aromatic nitrogens is 1. The summed E-state index contributed by atoms with van der Waals surface area (Å²) in [7, 11) is 0. The van der Waals surface area contributed by atoms with Gasteiger partial charge in [0.25, 0.3) is 5.91 Å². The van der Waals surface area contributed by atoms with Crippen LogP contribution >= 0.6 is 23.4 Å². The smallest absolute Gasteiger partial charge is 0.335 e. The summed E-state index contributed by atoms with van der Waals surface area (Å²) in [5.74, 6) is -1.56. The minimum Gasteiger partial charge on any atom is -0.478 e. The van der Waals surface area contributed by atoms with E-state index >= 15 is 0 Å². The van der Waals surface area contributed by atoms with Gasteiger partial charge in [-0.05, 0) is 84.1 Å². The van der Waals surface area contributed by atoms with Crippen LogP contribution in [-0.2, 0) is 5.54 Å². The maximum Gasteiger partial charge on any atom is 0.335 e. The lowest BCUT2D eigenvalue weighted by Crippen LogP contribution is -2.35. The van der Waals surface area contributed by atoms with Crippen molar-refractivity contribution < 1.29 is 19.1 Å². The van der Waals surface area contributed by atoms with E-state index in [2.05, 4.69) is 10.3 Å². The van der Waals surface area contributed by atoms with Crippen molar-refractivity contribution in [2.45, 2.75) is 28.2 Å². The molecule has 0 unspecified atom stereocenters. The Morgan fingerprint density at radius 3 is 2.36 bits per heavy atom. The zero-order valence-corrected chi connectivity index (χ0v) is 22.1. The molecule has 1 fully saturated rings. The van der Waals surface area contributed by atoms with E-state index in [9.17, 15) is 19.1 Å².